The molecule has 4 nitrogen and oxygen atoms in total. The van der Waals surface area contributed by atoms with Gasteiger partial charge in [-0.15, -0.1) is 11.3 Å². The van der Waals surface area contributed by atoms with Gasteiger partial charge in [-0.05, 0) is 25.5 Å². The first-order valence-corrected chi connectivity index (χ1v) is 7.40. The van der Waals surface area contributed by atoms with Crippen molar-refractivity contribution in [1.29, 1.82) is 0 Å². The first-order valence-electron chi connectivity index (χ1n) is 6.20. The Morgan fingerprint density at radius 2 is 2.42 bits per heavy atom. The van der Waals surface area contributed by atoms with E-state index in [0.29, 0.717) is 9.21 Å². The zero-order valence-electron chi connectivity index (χ0n) is 10.5. The van der Waals surface area contributed by atoms with Crippen molar-refractivity contribution in [2.75, 3.05) is 0 Å². The highest BCUT2D eigenvalue weighted by Gasteiger charge is 2.22. The van der Waals surface area contributed by atoms with Gasteiger partial charge in [-0.1, -0.05) is 11.6 Å². The maximum atomic E-state index is 12.1. The van der Waals surface area contributed by atoms with Gasteiger partial charge in [0.1, 0.15) is 5.82 Å². The minimum absolute atomic E-state index is 0.0396. The number of hydrogen-bond acceptors (Lipinski definition) is 3. The third kappa shape index (κ3) is 2.67. The van der Waals surface area contributed by atoms with Gasteiger partial charge in [0.2, 0.25) is 0 Å². The molecule has 0 aliphatic carbocycles. The molecule has 0 bridgehead atoms. The molecule has 0 fully saturated rings. The molecule has 0 aromatic carbocycles. The van der Waals surface area contributed by atoms with Crippen LogP contribution in [0, 0.1) is 6.92 Å². The molecule has 0 unspecified atom stereocenters. The summed E-state index contributed by atoms with van der Waals surface area (Å²) in [5.41, 5.74) is 1.03. The average Bonchev–Trinajstić information content (AvgIpc) is 2.93. The molecule has 2 aromatic heterocycles. The van der Waals surface area contributed by atoms with Crippen molar-refractivity contribution in [3.63, 3.8) is 0 Å². The number of aryl methyl sites for hydroxylation is 2. The molecule has 0 saturated carbocycles. The number of aromatic nitrogens is 2. The number of imidazole rings is 1. The number of fused-ring (bicyclic) bond motifs is 1. The third-order valence-electron chi connectivity index (χ3n) is 3.25. The molecule has 3 heterocycles. The second-order valence-corrected chi connectivity index (χ2v) is 6.48. The molecule has 1 amide bonds. The lowest BCUT2D eigenvalue weighted by molar-refractivity contribution is 0.0931. The van der Waals surface area contributed by atoms with Crippen molar-refractivity contribution < 1.29 is 4.79 Å². The zero-order valence-corrected chi connectivity index (χ0v) is 12.1. The molecule has 3 rings (SSSR count). The van der Waals surface area contributed by atoms with E-state index in [2.05, 4.69) is 14.9 Å². The van der Waals surface area contributed by atoms with Crippen LogP contribution in [-0.4, -0.2) is 21.5 Å². The minimum atomic E-state index is -0.0396. The van der Waals surface area contributed by atoms with Crippen LogP contribution >= 0.6 is 22.9 Å². The highest BCUT2D eigenvalue weighted by atomic mass is 35.5. The Morgan fingerprint density at radius 3 is 3.16 bits per heavy atom. The molecular weight excluding hydrogens is 282 g/mol. The summed E-state index contributed by atoms with van der Waals surface area (Å²) in [5.74, 6) is 1.07. The summed E-state index contributed by atoms with van der Waals surface area (Å²) in [6, 6.07) is 3.67. The average molecular weight is 296 g/mol. The second-order valence-electron chi connectivity index (χ2n) is 4.76. The van der Waals surface area contributed by atoms with Gasteiger partial charge < -0.3 is 9.88 Å². The minimum Gasteiger partial charge on any atom is -0.347 e. The van der Waals surface area contributed by atoms with Crippen LogP contribution in [-0.2, 0) is 13.0 Å². The maximum absolute atomic E-state index is 12.1. The summed E-state index contributed by atoms with van der Waals surface area (Å²) in [6.45, 7) is 2.79. The third-order valence-corrected chi connectivity index (χ3v) is 4.48. The lowest BCUT2D eigenvalue weighted by atomic mass is 10.1. The predicted molar refractivity (Wildman–Crippen MR) is 75.9 cm³/mol. The predicted octanol–water partition coefficient (Wildman–Crippen LogP) is 2.65. The summed E-state index contributed by atoms with van der Waals surface area (Å²) in [7, 11) is 0. The summed E-state index contributed by atoms with van der Waals surface area (Å²) in [5, 5.41) is 3.06. The first-order chi connectivity index (χ1) is 9.11. The molecule has 19 heavy (non-hydrogen) atoms. The monoisotopic (exact) mass is 295 g/mol. The van der Waals surface area contributed by atoms with E-state index in [1.807, 2.05) is 13.1 Å². The van der Waals surface area contributed by atoms with E-state index in [-0.39, 0.29) is 11.9 Å². The Morgan fingerprint density at radius 1 is 1.58 bits per heavy atom. The van der Waals surface area contributed by atoms with E-state index >= 15 is 0 Å². The fraction of sp³-hybridized carbons (Fsp3) is 0.385. The van der Waals surface area contributed by atoms with Gasteiger partial charge in [0.25, 0.3) is 5.91 Å². The van der Waals surface area contributed by atoms with E-state index in [4.69, 9.17) is 11.6 Å². The van der Waals surface area contributed by atoms with Crippen LogP contribution in [0.1, 0.15) is 27.6 Å². The largest absolute Gasteiger partial charge is 0.347 e. The molecule has 1 aliphatic heterocycles. The molecule has 1 N–H and O–H groups in total. The van der Waals surface area contributed by atoms with Crippen molar-refractivity contribution in [3.05, 3.63) is 39.1 Å². The first kappa shape index (κ1) is 12.7. The maximum Gasteiger partial charge on any atom is 0.261 e. The fourth-order valence-corrected chi connectivity index (χ4v) is 3.34. The topological polar surface area (TPSA) is 46.9 Å². The summed E-state index contributed by atoms with van der Waals surface area (Å²) >= 11 is 7.15. The van der Waals surface area contributed by atoms with Gasteiger partial charge >= 0.3 is 0 Å². The van der Waals surface area contributed by atoms with Crippen molar-refractivity contribution in [3.8, 4) is 0 Å². The highest BCUT2D eigenvalue weighted by Crippen LogP contribution is 2.22. The van der Waals surface area contributed by atoms with Gasteiger partial charge in [-0.3, -0.25) is 4.79 Å². The van der Waals surface area contributed by atoms with Crippen molar-refractivity contribution >= 4 is 28.8 Å². The van der Waals surface area contributed by atoms with E-state index in [1.54, 1.807) is 12.1 Å². The van der Waals surface area contributed by atoms with Crippen LogP contribution in [0.15, 0.2) is 18.3 Å². The fourth-order valence-electron chi connectivity index (χ4n) is 2.40. The smallest absolute Gasteiger partial charge is 0.261 e. The number of nitrogens with one attached hydrogen (secondary N) is 1. The van der Waals surface area contributed by atoms with E-state index < -0.39 is 0 Å². The molecule has 1 atom stereocenters. The van der Waals surface area contributed by atoms with Crippen molar-refractivity contribution in [2.24, 2.45) is 0 Å². The Labute approximate surface area is 120 Å². The molecule has 0 spiro atoms. The van der Waals surface area contributed by atoms with E-state index in [1.165, 1.54) is 11.3 Å². The number of carbonyl (C=O) groups excluding carboxylic acids is 1. The molecule has 0 radical (unpaired) electrons. The van der Waals surface area contributed by atoms with E-state index in [9.17, 15) is 4.79 Å². The Hall–Kier alpha value is -1.33. The molecule has 1 aliphatic rings. The molecule has 0 saturated heterocycles. The number of thiophene rings is 1. The second kappa shape index (κ2) is 4.98. The normalized spacial score (nSPS) is 18.1. The lowest BCUT2D eigenvalue weighted by Crippen LogP contribution is -2.40. The molecule has 100 valence electrons. The van der Waals surface area contributed by atoms with Crippen molar-refractivity contribution in [1.82, 2.24) is 14.9 Å². The number of nitrogens with zero attached hydrogens (tertiary/aromatic N) is 2. The zero-order chi connectivity index (χ0) is 13.4. The highest BCUT2D eigenvalue weighted by molar-refractivity contribution is 7.17. The standard InChI is InChI=1S/C13H14ClN3OS/c1-8-6-17-7-9(2-5-12(17)15-8)16-13(18)10-3-4-11(14)19-10/h3-4,6,9H,2,5,7H2,1H3,(H,16,18)/t9-/m1/s1. The quantitative estimate of drug-likeness (QED) is 0.926. The number of carbonyl (C=O) groups is 1. The van der Waals surface area contributed by atoms with Gasteiger partial charge in [0, 0.05) is 25.2 Å². The Bertz CT molecular complexity index is 619. The summed E-state index contributed by atoms with van der Waals surface area (Å²) < 4.78 is 2.77. The SMILES string of the molecule is Cc1cn2c(n1)CC[C@@H](NC(=O)c1ccc(Cl)s1)C2. The molecule has 2 aromatic rings. The Kier molecular flexibility index (Phi) is 3.33. The summed E-state index contributed by atoms with van der Waals surface area (Å²) in [6.07, 6.45) is 3.88. The molecular formula is C13H14ClN3OS. The van der Waals surface area contributed by atoms with Gasteiger partial charge in [0.05, 0.1) is 14.9 Å². The van der Waals surface area contributed by atoms with Crippen molar-refractivity contribution in [2.45, 2.75) is 32.4 Å². The van der Waals surface area contributed by atoms with Crippen LogP contribution in [0.25, 0.3) is 0 Å². The van der Waals surface area contributed by atoms with Crippen LogP contribution in [0.3, 0.4) is 0 Å². The Balaban J connectivity index is 1.67. The number of halogens is 1. The van der Waals surface area contributed by atoms with Crippen LogP contribution in [0.5, 0.6) is 0 Å². The van der Waals surface area contributed by atoms with Crippen LogP contribution in [0.2, 0.25) is 4.34 Å². The number of amides is 1. The summed E-state index contributed by atoms with van der Waals surface area (Å²) in [4.78, 5) is 17.2. The van der Waals surface area contributed by atoms with Crippen LogP contribution < -0.4 is 5.32 Å². The lowest BCUT2D eigenvalue weighted by Gasteiger charge is -2.24. The molecule has 6 heteroatoms. The van der Waals surface area contributed by atoms with Gasteiger partial charge in [0.15, 0.2) is 0 Å². The number of rotatable bonds is 2. The number of hydrogen-bond donors (Lipinski definition) is 1. The van der Waals surface area contributed by atoms with Gasteiger partial charge in [-0.2, -0.15) is 0 Å². The van der Waals surface area contributed by atoms with Crippen LogP contribution in [0.4, 0.5) is 0 Å². The van der Waals surface area contributed by atoms with E-state index in [0.717, 1.165) is 30.9 Å². The van der Waals surface area contributed by atoms with Gasteiger partial charge in [-0.25, -0.2) is 4.98 Å².